The third-order valence-electron chi connectivity index (χ3n) is 5.03. The normalized spacial score (nSPS) is 16.5. The molecule has 0 aliphatic carbocycles. The van der Waals surface area contributed by atoms with E-state index in [1.807, 2.05) is 10.6 Å². The number of aliphatic carboxylic acids is 2. The first kappa shape index (κ1) is 31.6. The maximum Gasteiger partial charge on any atom is 0.325 e. The van der Waals surface area contributed by atoms with Crippen molar-refractivity contribution in [3.8, 4) is 0 Å². The van der Waals surface area contributed by atoms with Crippen molar-refractivity contribution in [3.63, 3.8) is 0 Å². The minimum absolute atomic E-state index is 0.158. The number of carbonyl (C=O) groups excluding carboxylic acids is 2. The number of carboxylic acids is 2. The Kier molecular flexibility index (Phi) is 15.1. The van der Waals surface area contributed by atoms with Gasteiger partial charge in [0.25, 0.3) is 0 Å². The molecule has 4 atom stereocenters. The van der Waals surface area contributed by atoms with Crippen LogP contribution < -0.4 is 21.3 Å². The lowest BCUT2D eigenvalue weighted by Gasteiger charge is -2.43. The Labute approximate surface area is 194 Å². The van der Waals surface area contributed by atoms with Crippen LogP contribution in [0, 0.1) is 11.8 Å². The molecule has 2 amide bonds. The van der Waals surface area contributed by atoms with Crippen molar-refractivity contribution >= 4 is 23.8 Å². The van der Waals surface area contributed by atoms with Crippen LogP contribution in [0.25, 0.3) is 0 Å². The van der Waals surface area contributed by atoms with Gasteiger partial charge in [-0.05, 0) is 12.8 Å². The van der Waals surface area contributed by atoms with Gasteiger partial charge in [-0.3, -0.25) is 24.5 Å². The first-order valence-corrected chi connectivity index (χ1v) is 10.3. The van der Waals surface area contributed by atoms with Crippen molar-refractivity contribution < 1.29 is 60.0 Å². The molecule has 0 spiro atoms. The van der Waals surface area contributed by atoms with Crippen LogP contribution in [0.1, 0.15) is 12.8 Å². The van der Waals surface area contributed by atoms with Gasteiger partial charge >= 0.3 is 11.9 Å². The summed E-state index contributed by atoms with van der Waals surface area (Å²) in [6, 6.07) is 0. The molecule has 0 aromatic rings. The summed E-state index contributed by atoms with van der Waals surface area (Å²) in [4.78, 5) is 49.0. The average Bonchev–Trinajstić information content (AvgIpc) is 2.78. The van der Waals surface area contributed by atoms with Gasteiger partial charge in [-0.25, -0.2) is 0 Å². The lowest BCUT2D eigenvalue weighted by Crippen LogP contribution is -2.69. The van der Waals surface area contributed by atoms with E-state index in [0.29, 0.717) is 0 Å². The van der Waals surface area contributed by atoms with Crippen molar-refractivity contribution in [2.24, 2.45) is 11.8 Å². The van der Waals surface area contributed by atoms with E-state index in [1.165, 1.54) is 0 Å². The van der Waals surface area contributed by atoms with E-state index in [9.17, 15) is 44.7 Å². The van der Waals surface area contributed by atoms with Crippen LogP contribution in [-0.2, 0) is 19.2 Å². The average molecular weight is 498 g/mol. The van der Waals surface area contributed by atoms with Crippen LogP contribution in [-0.4, -0.2) is 129 Å². The van der Waals surface area contributed by atoms with Crippen molar-refractivity contribution in [1.29, 1.82) is 0 Å². The van der Waals surface area contributed by atoms with Crippen LogP contribution in [0.2, 0.25) is 0 Å². The zero-order valence-corrected chi connectivity index (χ0v) is 18.4. The Morgan fingerprint density at radius 3 is 1.50 bits per heavy atom. The van der Waals surface area contributed by atoms with Crippen molar-refractivity contribution in [2.75, 3.05) is 46.3 Å². The largest absolute Gasteiger partial charge is 0.480 e. The highest BCUT2D eigenvalue weighted by molar-refractivity contribution is 5.96. The molecular weight excluding hydrogens is 464 g/mol. The van der Waals surface area contributed by atoms with Gasteiger partial charge in [0.1, 0.15) is 19.0 Å². The van der Waals surface area contributed by atoms with Crippen LogP contribution in [0.4, 0.5) is 0 Å². The Morgan fingerprint density at radius 1 is 0.735 bits per heavy atom. The second-order valence-electron chi connectivity index (χ2n) is 7.32. The molecule has 0 aromatic heterocycles. The van der Waals surface area contributed by atoms with E-state index in [1.54, 1.807) is 0 Å². The highest BCUT2D eigenvalue weighted by Gasteiger charge is 2.57. The summed E-state index contributed by atoms with van der Waals surface area (Å²) in [6.07, 6.45) is -4.71. The Hall–Kier alpha value is -2.44. The molecule has 0 aromatic carbocycles. The summed E-state index contributed by atoms with van der Waals surface area (Å²) < 4.78 is 0. The molecule has 0 aliphatic rings. The van der Waals surface area contributed by atoms with Crippen molar-refractivity contribution in [2.45, 2.75) is 30.6 Å². The summed E-state index contributed by atoms with van der Waals surface area (Å²) in [6.45, 7) is -4.63. The van der Waals surface area contributed by atoms with E-state index >= 15 is 0 Å². The zero-order chi connectivity index (χ0) is 26.3. The maximum atomic E-state index is 12.8. The van der Waals surface area contributed by atoms with E-state index in [0.717, 1.165) is 0 Å². The highest BCUT2D eigenvalue weighted by atomic mass is 16.4. The molecule has 0 saturated heterocycles. The Bertz CT molecular complexity index is 631. The third kappa shape index (κ3) is 9.43. The maximum absolute atomic E-state index is 12.8. The first-order chi connectivity index (χ1) is 16.0. The fourth-order valence-corrected chi connectivity index (χ4v) is 3.51. The summed E-state index contributed by atoms with van der Waals surface area (Å²) in [7, 11) is 0. The monoisotopic (exact) mass is 498 g/mol. The van der Waals surface area contributed by atoms with Gasteiger partial charge in [0.15, 0.2) is 0 Å². The van der Waals surface area contributed by atoms with Gasteiger partial charge < -0.3 is 56.8 Å². The number of nitrogens with one attached hydrogen (secondary N) is 4. The van der Waals surface area contributed by atoms with E-state index in [-0.39, 0.29) is 13.1 Å². The number of aliphatic hydroxyl groups excluding tert-OH is 6. The van der Waals surface area contributed by atoms with Gasteiger partial charge in [-0.15, -0.1) is 0 Å². The van der Waals surface area contributed by atoms with Crippen LogP contribution >= 0.6 is 0 Å². The molecule has 12 N–H and O–H groups in total. The van der Waals surface area contributed by atoms with Gasteiger partial charge in [-0.1, -0.05) is 0 Å². The van der Waals surface area contributed by atoms with E-state index in [4.69, 9.17) is 15.3 Å². The fourth-order valence-electron chi connectivity index (χ4n) is 3.51. The topological polar surface area (TPSA) is 278 Å². The number of carboxylic acid groups (broad SMARTS) is 2. The minimum atomic E-state index is -2.63. The molecular formula is C18H34N4O12. The van der Waals surface area contributed by atoms with Crippen molar-refractivity contribution in [3.05, 3.63) is 0 Å². The summed E-state index contributed by atoms with van der Waals surface area (Å²) >= 11 is 0. The highest BCUT2D eigenvalue weighted by Crippen LogP contribution is 2.34. The smallest absolute Gasteiger partial charge is 0.325 e. The second kappa shape index (κ2) is 16.2. The van der Waals surface area contributed by atoms with E-state index in [2.05, 4.69) is 10.6 Å². The molecule has 0 rings (SSSR count). The summed E-state index contributed by atoms with van der Waals surface area (Å²) in [5.41, 5.74) is -2.63. The molecule has 0 radical (unpaired) electrons. The number of amides is 2. The Morgan fingerprint density at radius 2 is 1.18 bits per heavy atom. The zero-order valence-electron chi connectivity index (χ0n) is 18.4. The molecule has 0 heterocycles. The van der Waals surface area contributed by atoms with Crippen LogP contribution in [0.5, 0.6) is 0 Å². The fraction of sp³-hybridized carbons (Fsp3) is 0.778. The molecule has 0 saturated carbocycles. The molecule has 16 heteroatoms. The minimum Gasteiger partial charge on any atom is -0.480 e. The van der Waals surface area contributed by atoms with Gasteiger partial charge in [-0.2, -0.15) is 0 Å². The number of hydrogen-bond donors (Lipinski definition) is 12. The molecule has 198 valence electrons. The van der Waals surface area contributed by atoms with Gasteiger partial charge in [0, 0.05) is 13.1 Å². The lowest BCUT2D eigenvalue weighted by atomic mass is 9.68. The standard InChI is InChI=1S/C18H34N4O12/c23-6-10(27)3-12(15(31)20-8-25)18(17(33)34,22-2-1-19-5-14(29)30)13(4-11(28)7-24)16(32)21-9-26/h10-13,19,22-28H,1-9H2,(H,20,31)(H,21,32)(H,29,30)(H,33,34). The summed E-state index contributed by atoms with van der Waals surface area (Å²) in [5.74, 6) is -8.98. The quantitative estimate of drug-likeness (QED) is 0.0583. The molecule has 0 bridgehead atoms. The Balaban J connectivity index is 6.65. The summed E-state index contributed by atoms with van der Waals surface area (Å²) in [5, 5.41) is 84.7. The molecule has 16 nitrogen and oxygen atoms in total. The molecule has 0 fully saturated rings. The van der Waals surface area contributed by atoms with Gasteiger partial charge in [0.2, 0.25) is 11.8 Å². The van der Waals surface area contributed by atoms with Crippen LogP contribution in [0.3, 0.4) is 0 Å². The van der Waals surface area contributed by atoms with Gasteiger partial charge in [0.05, 0.1) is 43.8 Å². The number of carbonyl (C=O) groups is 4. The van der Waals surface area contributed by atoms with Crippen LogP contribution in [0.15, 0.2) is 0 Å². The SMILES string of the molecule is O=C(O)CNCCNC(C(=O)O)(C(CC(O)CO)C(=O)NCO)C(CC(O)CO)C(=O)NCO. The van der Waals surface area contributed by atoms with Crippen molar-refractivity contribution in [1.82, 2.24) is 21.3 Å². The predicted octanol–water partition coefficient (Wildman–Crippen LogP) is -6.08. The molecule has 0 aliphatic heterocycles. The number of aliphatic hydroxyl groups is 6. The lowest BCUT2D eigenvalue weighted by molar-refractivity contribution is -0.161. The third-order valence-corrected chi connectivity index (χ3v) is 5.03. The number of hydrogen-bond acceptors (Lipinski definition) is 12. The van der Waals surface area contributed by atoms with E-state index < -0.39 is 99.4 Å². The second-order valence-corrected chi connectivity index (χ2v) is 7.32. The molecule has 4 unspecified atom stereocenters. The predicted molar refractivity (Wildman–Crippen MR) is 112 cm³/mol. The molecule has 34 heavy (non-hydrogen) atoms. The first-order valence-electron chi connectivity index (χ1n) is 10.3. The number of rotatable bonds is 19.